The molecule has 3 atom stereocenters. The molecule has 22 heteroatoms. The number of para-hydroxylation sites is 1. The van der Waals surface area contributed by atoms with E-state index in [9.17, 15) is 29.1 Å². The number of nitrogens with one attached hydrogen (secondary N) is 3. The highest BCUT2D eigenvalue weighted by Gasteiger charge is 2.44. The Morgan fingerprint density at radius 2 is 1.72 bits per heavy atom. The number of aromatic nitrogens is 7. The van der Waals surface area contributed by atoms with Gasteiger partial charge in [-0.1, -0.05) is 85.3 Å². The van der Waals surface area contributed by atoms with Crippen molar-refractivity contribution in [2.45, 2.75) is 112 Å². The van der Waals surface area contributed by atoms with Crippen LogP contribution >= 0.6 is 34.3 Å². The fourth-order valence-corrected chi connectivity index (χ4v) is 11.1. The maximum atomic E-state index is 14.2. The highest BCUT2D eigenvalue weighted by molar-refractivity contribution is 7.17. The molecule has 2 aliphatic rings. The third kappa shape index (κ3) is 14.2. The van der Waals surface area contributed by atoms with Gasteiger partial charge in [0.2, 0.25) is 17.7 Å². The number of carbonyl (C=O) groups excluding carboxylic acids is 5. The molecule has 0 spiro atoms. The van der Waals surface area contributed by atoms with Gasteiger partial charge in [0.15, 0.2) is 5.13 Å². The summed E-state index contributed by atoms with van der Waals surface area (Å²) in [5.41, 5.74) is 6.34. The molecular weight excluding hydrogens is 1010 g/mol. The van der Waals surface area contributed by atoms with E-state index in [-0.39, 0.29) is 61.8 Å². The van der Waals surface area contributed by atoms with Crippen molar-refractivity contribution < 1.29 is 29.1 Å². The first-order valence-corrected chi connectivity index (χ1v) is 27.3. The molecule has 75 heavy (non-hydrogen) atoms. The van der Waals surface area contributed by atoms with Crippen LogP contribution in [0.4, 0.5) is 22.5 Å². The summed E-state index contributed by atoms with van der Waals surface area (Å²) in [6.07, 6.45) is 4.94. The van der Waals surface area contributed by atoms with Gasteiger partial charge in [-0.2, -0.15) is 0 Å². The number of thiazole rings is 2. The highest BCUT2D eigenvalue weighted by atomic mass is 35.5. The largest absolute Gasteiger partial charge is 0.391 e. The molecule has 2 saturated heterocycles. The summed E-state index contributed by atoms with van der Waals surface area (Å²) < 4.78 is 1.70. The number of anilines is 4. The van der Waals surface area contributed by atoms with Gasteiger partial charge in [0.25, 0.3) is 5.91 Å². The van der Waals surface area contributed by atoms with E-state index in [4.69, 9.17) is 11.6 Å². The molecule has 8 rings (SSSR count). The van der Waals surface area contributed by atoms with Crippen molar-refractivity contribution in [3.8, 4) is 10.4 Å². The number of hydrogen-bond donors (Lipinski definition) is 4. The van der Waals surface area contributed by atoms with Crippen molar-refractivity contribution in [2.24, 2.45) is 11.3 Å². The Hall–Kier alpha value is -6.68. The first-order chi connectivity index (χ1) is 35.9. The lowest BCUT2D eigenvalue weighted by molar-refractivity contribution is -0.146. The predicted molar refractivity (Wildman–Crippen MR) is 290 cm³/mol. The molecule has 0 unspecified atom stereocenters. The Morgan fingerprint density at radius 1 is 0.947 bits per heavy atom. The third-order valence-corrected chi connectivity index (χ3v) is 15.7. The first kappa shape index (κ1) is 54.6. The molecule has 4 aromatic heterocycles. The topological polar surface area (TPSA) is 234 Å². The Labute approximate surface area is 449 Å². The average molecular weight is 1080 g/mol. The Morgan fingerprint density at radius 3 is 2.44 bits per heavy atom. The molecule has 4 amide bonds. The van der Waals surface area contributed by atoms with Crippen molar-refractivity contribution in [1.29, 1.82) is 0 Å². The summed E-state index contributed by atoms with van der Waals surface area (Å²) >= 11 is 9.08. The van der Waals surface area contributed by atoms with E-state index >= 15 is 0 Å². The molecule has 2 aromatic carbocycles. The van der Waals surface area contributed by atoms with Crippen molar-refractivity contribution in [3.63, 3.8) is 0 Å². The number of ketones is 1. The fraction of sp³-hybridized carbons (Fsp3) is 0.453. The van der Waals surface area contributed by atoms with Gasteiger partial charge in [-0.15, -0.1) is 16.4 Å². The lowest BCUT2D eigenvalue weighted by atomic mass is 9.76. The number of benzene rings is 2. The van der Waals surface area contributed by atoms with E-state index in [2.05, 4.69) is 51.1 Å². The molecule has 2 aliphatic heterocycles. The zero-order chi connectivity index (χ0) is 53.4. The predicted octanol–water partition coefficient (Wildman–Crippen LogP) is 7.57. The molecule has 6 aromatic rings. The van der Waals surface area contributed by atoms with Gasteiger partial charge in [0.1, 0.15) is 34.2 Å². The van der Waals surface area contributed by atoms with Gasteiger partial charge in [0, 0.05) is 89.7 Å². The van der Waals surface area contributed by atoms with Crippen LogP contribution in [0.25, 0.3) is 10.4 Å². The van der Waals surface area contributed by atoms with Crippen LogP contribution in [0.2, 0.25) is 5.02 Å². The molecule has 6 heterocycles. The number of rotatable bonds is 20. The summed E-state index contributed by atoms with van der Waals surface area (Å²) in [7, 11) is 0. The second kappa shape index (κ2) is 24.3. The van der Waals surface area contributed by atoms with E-state index < -0.39 is 23.5 Å². The molecule has 4 N–H and O–H groups in total. The number of piperazine rings is 1. The van der Waals surface area contributed by atoms with Gasteiger partial charge >= 0.3 is 0 Å². The van der Waals surface area contributed by atoms with Crippen LogP contribution in [0, 0.1) is 32.1 Å². The number of likely N-dealkylation sites (tertiary alicyclic amines) is 1. The normalized spacial score (nSPS) is 16.2. The zero-order valence-electron chi connectivity index (χ0n) is 43.1. The summed E-state index contributed by atoms with van der Waals surface area (Å²) in [5.74, 6) is 0.198. The van der Waals surface area contributed by atoms with Crippen LogP contribution in [0.3, 0.4) is 0 Å². The minimum absolute atomic E-state index is 0.0183. The lowest BCUT2D eigenvalue weighted by Crippen LogP contribution is -2.50. The number of halogens is 1. The summed E-state index contributed by atoms with van der Waals surface area (Å²) in [4.78, 5) is 92.3. The lowest BCUT2D eigenvalue weighted by Gasteiger charge is -2.35. The number of carbonyl (C=O) groups is 5. The molecule has 0 radical (unpaired) electrons. The van der Waals surface area contributed by atoms with Crippen LogP contribution in [-0.4, -0.2) is 124 Å². The van der Waals surface area contributed by atoms with E-state index in [1.54, 1.807) is 22.1 Å². The number of aliphatic hydroxyl groups excluding tert-OH is 1. The molecule has 0 bridgehead atoms. The number of aryl methyl sites for hydroxylation is 5. The van der Waals surface area contributed by atoms with Gasteiger partial charge < -0.3 is 35.8 Å². The van der Waals surface area contributed by atoms with Crippen molar-refractivity contribution in [1.82, 2.24) is 50.0 Å². The minimum Gasteiger partial charge on any atom is -0.391 e. The quantitative estimate of drug-likeness (QED) is 0.0578. The van der Waals surface area contributed by atoms with Crippen LogP contribution < -0.4 is 20.9 Å². The highest BCUT2D eigenvalue weighted by Crippen LogP contribution is 2.35. The Kier molecular flexibility index (Phi) is 17.7. The van der Waals surface area contributed by atoms with Crippen LogP contribution in [0.15, 0.2) is 66.4 Å². The minimum atomic E-state index is -0.846. The summed E-state index contributed by atoms with van der Waals surface area (Å²) in [6, 6.07) is 14.3. The number of aliphatic hydroxyl groups is 1. The average Bonchev–Trinajstić information content (AvgIpc) is 4.22. The van der Waals surface area contributed by atoms with Crippen molar-refractivity contribution >= 4 is 86.1 Å². The van der Waals surface area contributed by atoms with Gasteiger partial charge in [0.05, 0.1) is 44.8 Å². The summed E-state index contributed by atoms with van der Waals surface area (Å²) in [6.45, 7) is 14.5. The van der Waals surface area contributed by atoms with Crippen LogP contribution in [0.1, 0.15) is 97.3 Å². The standard InChI is InChI=1S/C53H64ClN13O6S2/c1-32-10-7-13-41(54)47(32)61-50(72)43-28-56-52(75-43)60-44-26-45(59-34(3)58-44)64-20-22-65(23-21-64)46(70)14-8-11-37-29-66(63-62-37)19-9-12-38(68)24-40(53(4,5)6)51(73)67-30-39(69)25-42(67)49(71)55-27-35-15-17-36(18-16-35)48-33(2)57-31-74-48/h7,10,13,15-18,26,28-29,31,39-40,42,69H,8-9,11-12,14,19-25,27,30H2,1-6H3,(H,55,71)(H,61,72)(H,56,58,59,60)/t39-,40-,42+/m1/s1. The SMILES string of the molecule is Cc1nc(Nc2ncc(C(=O)Nc3c(C)cccc3Cl)s2)cc(N2CCN(C(=O)CCCc3cn(CCCC(=O)C[C@H](C(=O)N4C[C@H](O)C[C@H]4C(=O)NCc4ccc(-c5scnc5C)cc4)C(C)(C)C)nn3)CC2)n1. The van der Waals surface area contributed by atoms with Gasteiger partial charge in [-0.25, -0.2) is 19.9 Å². The van der Waals surface area contributed by atoms with Crippen molar-refractivity contribution in [2.75, 3.05) is 48.3 Å². The molecule has 0 aliphatic carbocycles. The maximum Gasteiger partial charge on any atom is 0.267 e. The zero-order valence-corrected chi connectivity index (χ0v) is 45.5. The molecule has 19 nitrogen and oxygen atoms in total. The number of hydrogen-bond acceptors (Lipinski definition) is 16. The molecule has 396 valence electrons. The van der Waals surface area contributed by atoms with E-state index in [1.165, 1.54) is 22.4 Å². The second-order valence-corrected chi connectivity index (χ2v) is 22.5. The number of nitrogens with zero attached hydrogens (tertiary/aromatic N) is 10. The van der Waals surface area contributed by atoms with E-state index in [0.717, 1.165) is 38.8 Å². The fourth-order valence-electron chi connectivity index (χ4n) is 9.31. The Bertz CT molecular complexity index is 2980. The number of amides is 4. The van der Waals surface area contributed by atoms with E-state index in [0.29, 0.717) is 90.8 Å². The third-order valence-electron chi connectivity index (χ3n) is 13.5. The molecule has 0 saturated carbocycles. The van der Waals surface area contributed by atoms with Crippen molar-refractivity contribution in [3.05, 3.63) is 105 Å². The Balaban J connectivity index is 0.739. The number of Topliss-reactive ketones (excluding diaryl/α,β-unsaturated/α-hetero) is 1. The van der Waals surface area contributed by atoms with E-state index in [1.807, 2.05) is 101 Å². The molecule has 2 fully saturated rings. The maximum absolute atomic E-state index is 14.2. The van der Waals surface area contributed by atoms with Crippen LogP contribution in [-0.2, 0) is 38.7 Å². The van der Waals surface area contributed by atoms with Gasteiger partial charge in [-0.05, 0) is 68.2 Å². The monoisotopic (exact) mass is 1080 g/mol. The second-order valence-electron chi connectivity index (χ2n) is 20.2. The molecular formula is C53H64ClN13O6S2. The first-order valence-electron chi connectivity index (χ1n) is 25.2. The number of β-amino-alcohol motifs (C(OH)–C–C–N with tert-alkyl or cyclic N) is 1. The van der Waals surface area contributed by atoms with Crippen LogP contribution in [0.5, 0.6) is 0 Å². The van der Waals surface area contributed by atoms with Gasteiger partial charge in [-0.3, -0.25) is 28.7 Å². The summed E-state index contributed by atoms with van der Waals surface area (Å²) in [5, 5.41) is 29.2. The smallest absolute Gasteiger partial charge is 0.267 e.